The van der Waals surface area contributed by atoms with E-state index in [0.29, 0.717) is 12.2 Å². The van der Waals surface area contributed by atoms with Crippen molar-refractivity contribution < 1.29 is 0 Å². The second kappa shape index (κ2) is 6.37. The summed E-state index contributed by atoms with van der Waals surface area (Å²) in [6.45, 7) is 6.42. The lowest BCUT2D eigenvalue weighted by molar-refractivity contribution is 0.503. The summed E-state index contributed by atoms with van der Waals surface area (Å²) in [5, 5.41) is 10.5. The number of hydrogen-bond donors (Lipinski definition) is 1. The first-order chi connectivity index (χ1) is 9.49. The minimum absolute atomic E-state index is 0.00709. The van der Waals surface area contributed by atoms with Crippen LogP contribution < -0.4 is 10.9 Å². The molecule has 0 bridgehead atoms. The smallest absolute Gasteiger partial charge is 0.287 e. The van der Waals surface area contributed by atoms with E-state index >= 15 is 0 Å². The van der Waals surface area contributed by atoms with Crippen molar-refractivity contribution in [1.82, 2.24) is 14.8 Å². The Kier molecular flexibility index (Phi) is 4.77. The Labute approximate surface area is 126 Å². The molecular formula is C13H17ClN4OS. The molecule has 0 atom stereocenters. The second-order valence-corrected chi connectivity index (χ2v) is 6.10. The monoisotopic (exact) mass is 312 g/mol. The third-order valence-electron chi connectivity index (χ3n) is 2.75. The van der Waals surface area contributed by atoms with Gasteiger partial charge in [0.1, 0.15) is 5.02 Å². The number of thiazole rings is 1. The number of rotatable bonds is 5. The predicted octanol–water partition coefficient (Wildman–Crippen LogP) is 2.90. The van der Waals surface area contributed by atoms with E-state index in [0.717, 1.165) is 17.1 Å². The first-order valence-corrected chi connectivity index (χ1v) is 7.67. The van der Waals surface area contributed by atoms with Gasteiger partial charge in [0.05, 0.1) is 22.9 Å². The molecule has 0 radical (unpaired) electrons. The van der Waals surface area contributed by atoms with Crippen LogP contribution in [0.3, 0.4) is 0 Å². The van der Waals surface area contributed by atoms with Crippen LogP contribution in [0.2, 0.25) is 5.02 Å². The SMILES string of the molecule is Cc1csc(CCNc2cnn(C(C)C)c(=O)c2Cl)n1. The lowest BCUT2D eigenvalue weighted by atomic mass is 10.3. The number of aryl methyl sites for hydroxylation is 1. The minimum atomic E-state index is -0.267. The van der Waals surface area contributed by atoms with Gasteiger partial charge in [-0.1, -0.05) is 11.6 Å². The first kappa shape index (κ1) is 15.0. The summed E-state index contributed by atoms with van der Waals surface area (Å²) in [7, 11) is 0. The van der Waals surface area contributed by atoms with Crippen molar-refractivity contribution in [3.63, 3.8) is 0 Å². The number of hydrogen-bond acceptors (Lipinski definition) is 5. The zero-order valence-electron chi connectivity index (χ0n) is 11.7. The Balaban J connectivity index is 2.03. The topological polar surface area (TPSA) is 59.8 Å². The summed E-state index contributed by atoms with van der Waals surface area (Å²) in [6, 6.07) is -0.00709. The molecule has 0 aliphatic heterocycles. The van der Waals surface area contributed by atoms with Crippen LogP contribution in [0.5, 0.6) is 0 Å². The van der Waals surface area contributed by atoms with Gasteiger partial charge in [-0.15, -0.1) is 11.3 Å². The minimum Gasteiger partial charge on any atom is -0.382 e. The van der Waals surface area contributed by atoms with Crippen molar-refractivity contribution in [3.8, 4) is 0 Å². The van der Waals surface area contributed by atoms with E-state index in [1.165, 1.54) is 4.68 Å². The zero-order valence-corrected chi connectivity index (χ0v) is 13.3. The van der Waals surface area contributed by atoms with Gasteiger partial charge in [-0.3, -0.25) is 4.79 Å². The molecule has 2 aromatic heterocycles. The van der Waals surface area contributed by atoms with Gasteiger partial charge in [0, 0.05) is 24.0 Å². The van der Waals surface area contributed by atoms with Crippen molar-refractivity contribution in [2.45, 2.75) is 33.2 Å². The molecule has 7 heteroatoms. The lowest BCUT2D eigenvalue weighted by Gasteiger charge is -2.11. The van der Waals surface area contributed by atoms with E-state index in [2.05, 4.69) is 15.4 Å². The molecule has 0 aromatic carbocycles. The van der Waals surface area contributed by atoms with E-state index in [-0.39, 0.29) is 16.6 Å². The van der Waals surface area contributed by atoms with Crippen LogP contribution >= 0.6 is 22.9 Å². The third-order valence-corrected chi connectivity index (χ3v) is 4.15. The normalized spacial score (nSPS) is 11.1. The molecule has 2 rings (SSSR count). The number of nitrogens with zero attached hydrogens (tertiary/aromatic N) is 3. The highest BCUT2D eigenvalue weighted by Gasteiger charge is 2.11. The molecule has 2 aromatic rings. The molecule has 108 valence electrons. The molecule has 0 unspecified atom stereocenters. The number of halogens is 1. The molecule has 2 heterocycles. The van der Waals surface area contributed by atoms with E-state index in [4.69, 9.17) is 11.6 Å². The maximum atomic E-state index is 12.0. The maximum Gasteiger partial charge on any atom is 0.287 e. The van der Waals surface area contributed by atoms with Crippen LogP contribution in [0.4, 0.5) is 5.69 Å². The van der Waals surface area contributed by atoms with Gasteiger partial charge >= 0.3 is 0 Å². The van der Waals surface area contributed by atoms with Crippen molar-refractivity contribution in [2.24, 2.45) is 0 Å². The largest absolute Gasteiger partial charge is 0.382 e. The van der Waals surface area contributed by atoms with E-state index in [9.17, 15) is 4.79 Å². The molecule has 0 spiro atoms. The highest BCUT2D eigenvalue weighted by atomic mass is 35.5. The van der Waals surface area contributed by atoms with E-state index in [1.807, 2.05) is 26.2 Å². The fourth-order valence-electron chi connectivity index (χ4n) is 1.76. The van der Waals surface area contributed by atoms with Crippen LogP contribution in [0.1, 0.15) is 30.6 Å². The van der Waals surface area contributed by atoms with Gasteiger partial charge in [0.25, 0.3) is 5.56 Å². The highest BCUT2D eigenvalue weighted by Crippen LogP contribution is 2.17. The van der Waals surface area contributed by atoms with Crippen LogP contribution in [-0.2, 0) is 6.42 Å². The maximum absolute atomic E-state index is 12.0. The molecule has 0 saturated heterocycles. The van der Waals surface area contributed by atoms with Gasteiger partial charge in [-0.2, -0.15) is 5.10 Å². The molecule has 0 aliphatic rings. The summed E-state index contributed by atoms with van der Waals surface area (Å²) < 4.78 is 1.37. The molecule has 0 saturated carbocycles. The zero-order chi connectivity index (χ0) is 14.7. The Bertz CT molecular complexity index is 650. The van der Waals surface area contributed by atoms with Gasteiger partial charge in [-0.25, -0.2) is 9.67 Å². The third kappa shape index (κ3) is 3.37. The van der Waals surface area contributed by atoms with Gasteiger partial charge < -0.3 is 5.32 Å². The van der Waals surface area contributed by atoms with Crippen LogP contribution in [0.15, 0.2) is 16.4 Å². The van der Waals surface area contributed by atoms with Crippen LogP contribution in [-0.4, -0.2) is 21.3 Å². The Morgan fingerprint density at radius 1 is 1.50 bits per heavy atom. The molecule has 0 fully saturated rings. The second-order valence-electron chi connectivity index (χ2n) is 4.78. The van der Waals surface area contributed by atoms with Crippen molar-refractivity contribution in [1.29, 1.82) is 0 Å². The molecule has 0 aliphatic carbocycles. The van der Waals surface area contributed by atoms with Crippen molar-refractivity contribution in [3.05, 3.63) is 37.7 Å². The fraction of sp³-hybridized carbons (Fsp3) is 0.462. The standard InChI is InChI=1S/C13H17ClN4OS/c1-8(2)18-13(19)12(14)10(6-16-18)15-5-4-11-17-9(3)7-20-11/h6-8,15H,4-5H2,1-3H3. The van der Waals surface area contributed by atoms with E-state index in [1.54, 1.807) is 17.5 Å². The van der Waals surface area contributed by atoms with Gasteiger partial charge in [0.2, 0.25) is 0 Å². The van der Waals surface area contributed by atoms with Crippen LogP contribution in [0.25, 0.3) is 0 Å². The number of aromatic nitrogens is 3. The Morgan fingerprint density at radius 2 is 2.25 bits per heavy atom. The lowest BCUT2D eigenvalue weighted by Crippen LogP contribution is -2.26. The average molecular weight is 313 g/mol. The average Bonchev–Trinajstić information content (AvgIpc) is 2.80. The first-order valence-electron chi connectivity index (χ1n) is 6.41. The number of nitrogens with one attached hydrogen (secondary N) is 1. The molecule has 5 nitrogen and oxygen atoms in total. The summed E-state index contributed by atoms with van der Waals surface area (Å²) in [4.78, 5) is 16.4. The highest BCUT2D eigenvalue weighted by molar-refractivity contribution is 7.09. The summed E-state index contributed by atoms with van der Waals surface area (Å²) in [6.07, 6.45) is 2.39. The Morgan fingerprint density at radius 3 is 2.85 bits per heavy atom. The summed E-state index contributed by atoms with van der Waals surface area (Å²) in [5.74, 6) is 0. The quantitative estimate of drug-likeness (QED) is 0.922. The summed E-state index contributed by atoms with van der Waals surface area (Å²) in [5.41, 5.74) is 1.34. The fourth-order valence-corrected chi connectivity index (χ4v) is 2.74. The summed E-state index contributed by atoms with van der Waals surface area (Å²) >= 11 is 7.71. The van der Waals surface area contributed by atoms with E-state index < -0.39 is 0 Å². The van der Waals surface area contributed by atoms with Crippen molar-refractivity contribution in [2.75, 3.05) is 11.9 Å². The molecule has 0 amide bonds. The Hall–Kier alpha value is -1.40. The van der Waals surface area contributed by atoms with Crippen molar-refractivity contribution >= 4 is 28.6 Å². The van der Waals surface area contributed by atoms with Gasteiger partial charge in [0.15, 0.2) is 0 Å². The predicted molar refractivity (Wildman–Crippen MR) is 82.9 cm³/mol. The molecule has 1 N–H and O–H groups in total. The molecule has 20 heavy (non-hydrogen) atoms. The van der Waals surface area contributed by atoms with Crippen LogP contribution in [0, 0.1) is 6.92 Å². The number of anilines is 1. The van der Waals surface area contributed by atoms with Gasteiger partial charge in [-0.05, 0) is 20.8 Å². The molecular weight excluding hydrogens is 296 g/mol.